The van der Waals surface area contributed by atoms with Gasteiger partial charge in [0.15, 0.2) is 11.5 Å². The molecule has 1 N–H and O–H groups in total. The molecule has 6 nitrogen and oxygen atoms in total. The van der Waals surface area contributed by atoms with Crippen molar-refractivity contribution in [3.8, 4) is 11.5 Å². The molecule has 0 saturated heterocycles. The van der Waals surface area contributed by atoms with E-state index in [-0.39, 0.29) is 25.0 Å². The van der Waals surface area contributed by atoms with Crippen LogP contribution in [0, 0.1) is 0 Å². The Hall–Kier alpha value is -3.80. The average molecular weight is 457 g/mol. The van der Waals surface area contributed by atoms with E-state index in [1.165, 1.54) is 0 Å². The van der Waals surface area contributed by atoms with Crippen LogP contribution in [0.2, 0.25) is 0 Å². The lowest BCUT2D eigenvalue weighted by Crippen LogP contribution is -2.57. The zero-order chi connectivity index (χ0) is 23.4. The molecular formula is C28H28N2O4. The second kappa shape index (κ2) is 9.59. The maximum Gasteiger partial charge on any atom is 0.250 e. The molecule has 1 heterocycles. The van der Waals surface area contributed by atoms with E-state index in [4.69, 9.17) is 9.47 Å². The van der Waals surface area contributed by atoms with Crippen LogP contribution in [0.1, 0.15) is 36.8 Å². The predicted molar refractivity (Wildman–Crippen MR) is 130 cm³/mol. The van der Waals surface area contributed by atoms with E-state index < -0.39 is 5.54 Å². The molecule has 0 atom stereocenters. The van der Waals surface area contributed by atoms with Crippen molar-refractivity contribution in [1.82, 2.24) is 4.90 Å². The Morgan fingerprint density at radius 2 is 1.47 bits per heavy atom. The van der Waals surface area contributed by atoms with Gasteiger partial charge in [-0.05, 0) is 36.1 Å². The Labute approximate surface area is 199 Å². The molecule has 0 bridgehead atoms. The Balaban J connectivity index is 1.45. The second-order valence-corrected chi connectivity index (χ2v) is 8.89. The third kappa shape index (κ3) is 4.49. The highest BCUT2D eigenvalue weighted by atomic mass is 16.7. The highest BCUT2D eigenvalue weighted by Gasteiger charge is 2.48. The maximum absolute atomic E-state index is 13.8. The van der Waals surface area contributed by atoms with Crippen molar-refractivity contribution < 1.29 is 19.1 Å². The number of fused-ring (bicyclic) bond motifs is 1. The zero-order valence-electron chi connectivity index (χ0n) is 19.0. The molecule has 0 spiro atoms. The van der Waals surface area contributed by atoms with Crippen LogP contribution in [0.25, 0.3) is 0 Å². The van der Waals surface area contributed by atoms with E-state index in [9.17, 15) is 9.59 Å². The number of ether oxygens (including phenoxy) is 2. The minimum absolute atomic E-state index is 0.0437. The lowest BCUT2D eigenvalue weighted by atomic mass is 9.91. The number of hydrogen-bond acceptors (Lipinski definition) is 4. The highest BCUT2D eigenvalue weighted by molar-refractivity contribution is 6.01. The summed E-state index contributed by atoms with van der Waals surface area (Å²) in [5.41, 5.74) is 1.68. The average Bonchev–Trinajstić information content (AvgIpc) is 3.54. The molecule has 1 aliphatic carbocycles. The van der Waals surface area contributed by atoms with Crippen molar-refractivity contribution in [2.45, 2.75) is 44.2 Å². The summed E-state index contributed by atoms with van der Waals surface area (Å²) in [6.45, 7) is 0.566. The predicted octanol–water partition coefficient (Wildman–Crippen LogP) is 4.94. The number of rotatable bonds is 7. The summed E-state index contributed by atoms with van der Waals surface area (Å²) in [6, 6.07) is 25.0. The molecule has 5 rings (SSSR count). The van der Waals surface area contributed by atoms with E-state index in [2.05, 4.69) is 5.32 Å². The van der Waals surface area contributed by atoms with Gasteiger partial charge in [-0.2, -0.15) is 0 Å². The van der Waals surface area contributed by atoms with Gasteiger partial charge < -0.3 is 19.7 Å². The normalized spacial score (nSPS) is 15.6. The summed E-state index contributed by atoms with van der Waals surface area (Å²) in [6.07, 6.45) is 3.33. The molecule has 34 heavy (non-hydrogen) atoms. The Morgan fingerprint density at radius 3 is 2.18 bits per heavy atom. The molecule has 3 aromatic rings. The van der Waals surface area contributed by atoms with Crippen LogP contribution < -0.4 is 14.8 Å². The van der Waals surface area contributed by atoms with Crippen LogP contribution in [0.5, 0.6) is 11.5 Å². The first-order chi connectivity index (χ1) is 16.6. The van der Waals surface area contributed by atoms with Gasteiger partial charge in [0.2, 0.25) is 18.6 Å². The first-order valence-electron chi connectivity index (χ1n) is 11.7. The third-order valence-corrected chi connectivity index (χ3v) is 6.68. The van der Waals surface area contributed by atoms with Crippen LogP contribution in [-0.2, 0) is 22.6 Å². The summed E-state index contributed by atoms with van der Waals surface area (Å²) in [5.74, 6) is 1.08. The van der Waals surface area contributed by atoms with Crippen LogP contribution in [0.3, 0.4) is 0 Å². The monoisotopic (exact) mass is 456 g/mol. The van der Waals surface area contributed by atoms with Crippen molar-refractivity contribution in [3.63, 3.8) is 0 Å². The van der Waals surface area contributed by atoms with Gasteiger partial charge in [0.1, 0.15) is 5.54 Å². The van der Waals surface area contributed by atoms with Gasteiger partial charge in [-0.25, -0.2) is 0 Å². The van der Waals surface area contributed by atoms with Crippen LogP contribution in [0.15, 0.2) is 78.9 Å². The minimum Gasteiger partial charge on any atom is -0.454 e. The molecule has 2 amide bonds. The standard InChI is InChI=1S/C28H28N2O4/c31-26(17-21-9-3-1-4-10-21)30(19-22-11-5-2-6-12-22)28(15-7-8-16-28)27(32)29-23-13-14-24-25(18-23)34-20-33-24/h1-6,9-14,18H,7-8,15-17,19-20H2,(H,29,32). The van der Waals surface area contributed by atoms with Crippen molar-refractivity contribution in [3.05, 3.63) is 90.0 Å². The largest absolute Gasteiger partial charge is 0.454 e. The van der Waals surface area contributed by atoms with Gasteiger partial charge in [-0.1, -0.05) is 73.5 Å². The summed E-state index contributed by atoms with van der Waals surface area (Å²) >= 11 is 0. The molecule has 0 radical (unpaired) electrons. The van der Waals surface area contributed by atoms with E-state index >= 15 is 0 Å². The minimum atomic E-state index is -0.905. The fourth-order valence-corrected chi connectivity index (χ4v) is 4.91. The van der Waals surface area contributed by atoms with Gasteiger partial charge >= 0.3 is 0 Å². The number of carbonyl (C=O) groups excluding carboxylic acids is 2. The Morgan fingerprint density at radius 1 is 0.824 bits per heavy atom. The SMILES string of the molecule is O=C(Cc1ccccc1)N(Cc1ccccc1)C1(C(=O)Nc2ccc3c(c2)OCO3)CCCC1. The highest BCUT2D eigenvalue weighted by Crippen LogP contribution is 2.39. The molecule has 3 aromatic carbocycles. The molecule has 6 heteroatoms. The van der Waals surface area contributed by atoms with Crippen LogP contribution >= 0.6 is 0 Å². The molecule has 1 aliphatic heterocycles. The quantitative estimate of drug-likeness (QED) is 0.547. The summed E-state index contributed by atoms with van der Waals surface area (Å²) < 4.78 is 10.8. The Bertz CT molecular complexity index is 1160. The van der Waals surface area contributed by atoms with Crippen molar-refractivity contribution in [2.24, 2.45) is 0 Å². The number of amides is 2. The van der Waals surface area contributed by atoms with E-state index in [1.807, 2.05) is 65.6 Å². The van der Waals surface area contributed by atoms with Gasteiger partial charge in [0.25, 0.3) is 0 Å². The van der Waals surface area contributed by atoms with E-state index in [0.717, 1.165) is 24.0 Å². The second-order valence-electron chi connectivity index (χ2n) is 8.89. The first-order valence-corrected chi connectivity index (χ1v) is 11.7. The van der Waals surface area contributed by atoms with Gasteiger partial charge in [0.05, 0.1) is 6.42 Å². The number of hydrogen-bond donors (Lipinski definition) is 1. The van der Waals surface area contributed by atoms with E-state index in [1.54, 1.807) is 18.2 Å². The van der Waals surface area contributed by atoms with Crippen molar-refractivity contribution >= 4 is 17.5 Å². The van der Waals surface area contributed by atoms with Crippen molar-refractivity contribution in [1.29, 1.82) is 0 Å². The summed E-state index contributed by atoms with van der Waals surface area (Å²) in [7, 11) is 0. The number of benzene rings is 3. The topological polar surface area (TPSA) is 67.9 Å². The molecular weight excluding hydrogens is 428 g/mol. The fraction of sp³-hybridized carbons (Fsp3) is 0.286. The maximum atomic E-state index is 13.8. The first kappa shape index (κ1) is 22.0. The third-order valence-electron chi connectivity index (χ3n) is 6.68. The fourth-order valence-electron chi connectivity index (χ4n) is 4.91. The Kier molecular flexibility index (Phi) is 6.21. The molecule has 1 saturated carbocycles. The lowest BCUT2D eigenvalue weighted by Gasteiger charge is -2.40. The molecule has 0 unspecified atom stereocenters. The van der Waals surface area contributed by atoms with Gasteiger partial charge in [0, 0.05) is 18.3 Å². The molecule has 1 fully saturated rings. The number of carbonyl (C=O) groups is 2. The van der Waals surface area contributed by atoms with Crippen LogP contribution in [-0.4, -0.2) is 29.0 Å². The summed E-state index contributed by atoms with van der Waals surface area (Å²) in [4.78, 5) is 29.4. The van der Waals surface area contributed by atoms with Gasteiger partial charge in [-0.3, -0.25) is 9.59 Å². The molecule has 174 valence electrons. The number of nitrogens with zero attached hydrogens (tertiary/aromatic N) is 1. The zero-order valence-corrected chi connectivity index (χ0v) is 19.0. The molecule has 2 aliphatic rings. The molecule has 0 aromatic heterocycles. The summed E-state index contributed by atoms with van der Waals surface area (Å²) in [5, 5.41) is 3.07. The van der Waals surface area contributed by atoms with E-state index in [0.29, 0.717) is 36.6 Å². The number of nitrogens with one attached hydrogen (secondary N) is 1. The lowest BCUT2D eigenvalue weighted by molar-refractivity contribution is -0.145. The van der Waals surface area contributed by atoms with Crippen LogP contribution in [0.4, 0.5) is 5.69 Å². The van der Waals surface area contributed by atoms with Crippen molar-refractivity contribution in [2.75, 3.05) is 12.1 Å². The van der Waals surface area contributed by atoms with Gasteiger partial charge in [-0.15, -0.1) is 0 Å². The smallest absolute Gasteiger partial charge is 0.250 e. The number of anilines is 1.